The maximum absolute atomic E-state index is 11.4. The molecule has 0 unspecified atom stereocenters. The van der Waals surface area contributed by atoms with Gasteiger partial charge in [-0.05, 0) is 234 Å². The van der Waals surface area contributed by atoms with Crippen molar-refractivity contribution in [2.24, 2.45) is 0 Å². The molecule has 0 fully saturated rings. The molecule has 0 amide bonds. The van der Waals surface area contributed by atoms with E-state index >= 15 is 0 Å². The molecule has 9 aromatic carbocycles. The first kappa shape index (κ1) is 104. The third-order valence-electron chi connectivity index (χ3n) is 25.8. The van der Waals surface area contributed by atoms with Crippen LogP contribution in [0.5, 0.6) is 69.0 Å². The molecule has 3 aromatic heterocycles. The molecule has 0 saturated carbocycles. The van der Waals surface area contributed by atoms with Gasteiger partial charge in [0.05, 0.1) is 66.4 Å². The monoisotopic (exact) mass is 1860 g/mol. The molecular formula is C116H147N9O12. The predicted molar refractivity (Wildman–Crippen MR) is 551 cm³/mol. The van der Waals surface area contributed by atoms with Gasteiger partial charge in [0.15, 0.2) is 52.4 Å². The van der Waals surface area contributed by atoms with Gasteiger partial charge in [0.25, 0.3) is 0 Å². The quantitative estimate of drug-likeness (QED) is 0.0174. The Morgan fingerprint density at radius 3 is 0.693 bits per heavy atom. The fourth-order valence-electron chi connectivity index (χ4n) is 17.9. The van der Waals surface area contributed by atoms with E-state index in [1.165, 1.54) is 237 Å². The zero-order valence-corrected chi connectivity index (χ0v) is 81.0. The van der Waals surface area contributed by atoms with Crippen molar-refractivity contribution in [1.82, 2.24) is 44.9 Å². The minimum atomic E-state index is -0.173. The van der Waals surface area contributed by atoms with E-state index in [1.807, 2.05) is 48.5 Å². The molecule has 0 atom stereocenters. The Kier molecular flexibility index (Phi) is 41.7. The molecule has 3 aliphatic carbocycles. The van der Waals surface area contributed by atoms with E-state index in [1.54, 1.807) is 30.3 Å². The highest BCUT2D eigenvalue weighted by Gasteiger charge is 2.26. The van der Waals surface area contributed by atoms with Crippen molar-refractivity contribution < 1.29 is 59.4 Å². The summed E-state index contributed by atoms with van der Waals surface area (Å²) in [6.07, 6.45) is 49.4. The highest BCUT2D eigenvalue weighted by molar-refractivity contribution is 5.77. The lowest BCUT2D eigenvalue weighted by atomic mass is 9.90. The fraction of sp³-hybridized carbons (Fsp3) is 0.457. The number of aromatic nitrogens is 9. The Morgan fingerprint density at radius 2 is 0.423 bits per heavy atom. The number of fused-ring (bicyclic) bond motifs is 3. The van der Waals surface area contributed by atoms with Crippen LogP contribution in [0.4, 0.5) is 0 Å². The maximum Gasteiger partial charge on any atom is 0.167 e. The smallest absolute Gasteiger partial charge is 0.167 e. The van der Waals surface area contributed by atoms with E-state index in [2.05, 4.69) is 98.1 Å². The number of ether oxygens (including phenoxy) is 5. The molecule has 728 valence electrons. The van der Waals surface area contributed by atoms with Crippen molar-refractivity contribution >= 4 is 0 Å². The highest BCUT2D eigenvalue weighted by Crippen LogP contribution is 2.43. The van der Waals surface area contributed by atoms with E-state index in [4.69, 9.17) is 53.6 Å². The molecule has 137 heavy (non-hydrogen) atoms. The van der Waals surface area contributed by atoms with Crippen LogP contribution in [0, 0.1) is 0 Å². The molecule has 0 saturated heterocycles. The van der Waals surface area contributed by atoms with Crippen LogP contribution in [0.25, 0.3) is 102 Å². The SMILES string of the molecule is C.CCCCCCCCOc1ccc(-c2nc(-c3ccc4c(c3)CCCC4)nc(-c3ccc(OCCCCCCCC)cc3O)n2)c(O)c1.CCCCCCCCOc1ccc(-c2nc(-c3ccc4c(c3)CCCC4)nc(-c3ccc(OCCCCCCCC)cc3OCCCCCCCC)n2)c(O)c1.Oc1ccc(-c2nc(-c3ccc4c(c3)CCCC4)nc(-c3ccc(O)cc3O)n2)c(O)c1. The van der Waals surface area contributed by atoms with Crippen molar-refractivity contribution in [3.8, 4) is 171 Å². The van der Waals surface area contributed by atoms with Gasteiger partial charge in [-0.2, -0.15) is 0 Å². The largest absolute Gasteiger partial charge is 0.508 e. The van der Waals surface area contributed by atoms with Crippen molar-refractivity contribution in [3.05, 3.63) is 197 Å². The first-order valence-electron chi connectivity index (χ1n) is 51.1. The summed E-state index contributed by atoms with van der Waals surface area (Å²) in [5, 5.41) is 73.7. The number of phenols is 7. The summed E-state index contributed by atoms with van der Waals surface area (Å²) in [4.78, 5) is 43.2. The predicted octanol–water partition coefficient (Wildman–Crippen LogP) is 29.5. The second-order valence-corrected chi connectivity index (χ2v) is 36.7. The number of aromatic hydroxyl groups is 7. The van der Waals surface area contributed by atoms with Gasteiger partial charge < -0.3 is 59.4 Å². The van der Waals surface area contributed by atoms with Gasteiger partial charge in [0, 0.05) is 53.1 Å². The molecule has 0 bridgehead atoms. The Bertz CT molecular complexity index is 5630. The zero-order chi connectivity index (χ0) is 95.0. The summed E-state index contributed by atoms with van der Waals surface area (Å²) in [7, 11) is 0. The average molecular weight is 1860 g/mol. The number of phenolic OH excluding ortho intramolecular Hbond substituents is 7. The van der Waals surface area contributed by atoms with Gasteiger partial charge in [-0.3, -0.25) is 0 Å². The number of hydrogen-bond donors (Lipinski definition) is 7. The minimum absolute atomic E-state index is 0. The number of benzene rings is 9. The molecule has 21 heteroatoms. The van der Waals surface area contributed by atoms with Crippen molar-refractivity contribution in [2.45, 2.75) is 312 Å². The molecule has 0 spiro atoms. The second-order valence-electron chi connectivity index (χ2n) is 36.7. The number of aryl methyl sites for hydroxylation is 6. The van der Waals surface area contributed by atoms with Crippen LogP contribution < -0.4 is 23.7 Å². The number of nitrogens with zero attached hydrogens (tertiary/aromatic N) is 9. The van der Waals surface area contributed by atoms with Gasteiger partial charge in [0.2, 0.25) is 0 Å². The first-order chi connectivity index (χ1) is 66.6. The van der Waals surface area contributed by atoms with Gasteiger partial charge in [-0.15, -0.1) is 0 Å². The molecule has 15 rings (SSSR count). The van der Waals surface area contributed by atoms with Gasteiger partial charge in [0.1, 0.15) is 69.0 Å². The molecule has 12 aromatic rings. The van der Waals surface area contributed by atoms with E-state index in [-0.39, 0.29) is 59.3 Å². The summed E-state index contributed by atoms with van der Waals surface area (Å²) in [5.74, 6) is 6.46. The van der Waals surface area contributed by atoms with E-state index < -0.39 is 0 Å². The van der Waals surface area contributed by atoms with Crippen LogP contribution >= 0.6 is 0 Å². The lowest BCUT2D eigenvalue weighted by Crippen LogP contribution is -2.06. The molecule has 7 N–H and O–H groups in total. The summed E-state index contributed by atoms with van der Waals surface area (Å²) in [6, 6.07) is 49.5. The number of unbranched alkanes of at least 4 members (excludes halogenated alkanes) is 25. The standard InChI is InChI=1S/C49H69N3O4.C41H53N3O4.C25H21N3O4.CH4/c1-4-7-10-13-16-21-32-54-41-28-30-43(45(53)36-41)48-50-47(40-27-26-38-24-19-20-25-39(38)35-40)51-49(52-48)44-31-29-42(55-33-22-17-14-11-8-5-2)37-46(44)56-34-23-18-15-12-9-6-3;1-3-5-7-9-11-15-25-47-33-21-23-35(37(45)28-33)40-42-39(32-20-19-30-17-13-14-18-31(30)27-32)43-41(44-40)36-24-22-34(29-38(36)46)48-26-16-12-10-8-6-4-2;29-17-7-9-19(21(31)12-17)24-26-23(16-6-5-14-3-1-2-4-15(14)11-16)27-25(28-24)20-10-8-18(30)13-22(20)32;/h26-31,35-37,53H,4-25,32-34H2,1-3H3;19-24,27-29,45-46H,3-18,25-26H2,1-2H3;5-13,29-32H,1-4H2;1H4. The first-order valence-corrected chi connectivity index (χ1v) is 51.1. The van der Waals surface area contributed by atoms with Crippen LogP contribution in [-0.4, -0.2) is 114 Å². The van der Waals surface area contributed by atoms with E-state index in [0.717, 1.165) is 131 Å². The lowest BCUT2D eigenvalue weighted by molar-refractivity contribution is 0.290. The Hall–Kier alpha value is -12.4. The van der Waals surface area contributed by atoms with Gasteiger partial charge in [-0.25, -0.2) is 44.9 Å². The summed E-state index contributed by atoms with van der Waals surface area (Å²) in [6.45, 7) is 14.3. The summed E-state index contributed by atoms with van der Waals surface area (Å²) < 4.78 is 30.7. The van der Waals surface area contributed by atoms with Crippen molar-refractivity contribution in [3.63, 3.8) is 0 Å². The zero-order valence-electron chi connectivity index (χ0n) is 81.0. The molecular weight excluding hydrogens is 1710 g/mol. The topological polar surface area (TPSA) is 304 Å². The van der Waals surface area contributed by atoms with Crippen LogP contribution in [-0.2, 0) is 38.5 Å². The fourth-order valence-corrected chi connectivity index (χ4v) is 17.9. The third kappa shape index (κ3) is 31.1. The third-order valence-corrected chi connectivity index (χ3v) is 25.8. The molecule has 0 radical (unpaired) electrons. The maximum atomic E-state index is 11.4. The van der Waals surface area contributed by atoms with E-state index in [0.29, 0.717) is 125 Å². The Labute approximate surface area is 813 Å². The van der Waals surface area contributed by atoms with Crippen molar-refractivity contribution in [2.75, 3.05) is 33.0 Å². The van der Waals surface area contributed by atoms with Crippen molar-refractivity contribution in [1.29, 1.82) is 0 Å². The lowest BCUT2D eigenvalue weighted by Gasteiger charge is -2.17. The van der Waals surface area contributed by atoms with Gasteiger partial charge in [-0.1, -0.05) is 239 Å². The second kappa shape index (κ2) is 55.1. The minimum Gasteiger partial charge on any atom is -0.508 e. The van der Waals surface area contributed by atoms with Crippen LogP contribution in [0.3, 0.4) is 0 Å². The molecule has 21 nitrogen and oxygen atoms in total. The van der Waals surface area contributed by atoms with E-state index in [9.17, 15) is 35.7 Å². The normalized spacial score (nSPS) is 12.5. The van der Waals surface area contributed by atoms with Crippen LogP contribution in [0.2, 0.25) is 0 Å². The molecule has 3 aliphatic rings. The Morgan fingerprint density at radius 1 is 0.204 bits per heavy atom. The molecule has 0 aliphatic heterocycles. The summed E-state index contributed by atoms with van der Waals surface area (Å²) >= 11 is 0. The summed E-state index contributed by atoms with van der Waals surface area (Å²) in [5.41, 5.74) is 13.6. The van der Waals surface area contributed by atoms with Crippen LogP contribution in [0.15, 0.2) is 164 Å². The number of rotatable bonds is 49. The van der Waals surface area contributed by atoms with Gasteiger partial charge >= 0.3 is 0 Å². The van der Waals surface area contributed by atoms with Crippen LogP contribution in [0.1, 0.15) is 307 Å². The molecule has 3 heterocycles. The number of hydrogen-bond acceptors (Lipinski definition) is 21. The average Bonchev–Trinajstić information content (AvgIpc) is 0.804. The Balaban J connectivity index is 0.000000190. The highest BCUT2D eigenvalue weighted by atomic mass is 16.5.